The molecule has 2 aliphatic rings. The van der Waals surface area contributed by atoms with E-state index in [1.807, 2.05) is 0 Å². The third-order valence-corrected chi connectivity index (χ3v) is 5.16. The predicted octanol–water partition coefficient (Wildman–Crippen LogP) is 1.88. The minimum absolute atomic E-state index is 0.0289. The molecule has 0 aromatic heterocycles. The maximum atomic E-state index is 12.1. The topological polar surface area (TPSA) is 161 Å². The fourth-order valence-electron chi connectivity index (χ4n) is 3.84. The standard InChI is InChI=1S/C21H12O10/c22-16(23)10-4-6-12-14(20(28)30-18(12)26)8(10)2-1-3-9-11(17(24)25)5-7-13-15(9)21(29)31-19(13)27/h4-7H,1-3H2,(H,22,23)(H,24,25). The van der Waals surface area contributed by atoms with Gasteiger partial charge in [-0.1, -0.05) is 0 Å². The number of carboxylic acids is 2. The van der Waals surface area contributed by atoms with Crippen LogP contribution in [0.15, 0.2) is 24.3 Å². The van der Waals surface area contributed by atoms with Crippen molar-refractivity contribution in [3.05, 3.63) is 68.8 Å². The molecular formula is C21H12O10. The first-order valence-electron chi connectivity index (χ1n) is 9.02. The Bertz CT molecular complexity index is 1140. The van der Waals surface area contributed by atoms with Crippen LogP contribution in [0, 0.1) is 0 Å². The summed E-state index contributed by atoms with van der Waals surface area (Å²) in [4.78, 5) is 70.9. The summed E-state index contributed by atoms with van der Waals surface area (Å²) in [5.41, 5.74) is -0.633. The van der Waals surface area contributed by atoms with Gasteiger partial charge >= 0.3 is 35.8 Å². The SMILES string of the molecule is O=C(O)c1ccc2c(c1CCCc1c(C(=O)O)ccc3c1C(=O)OC3=O)C(=O)OC2=O. The van der Waals surface area contributed by atoms with Gasteiger partial charge in [0.25, 0.3) is 0 Å². The van der Waals surface area contributed by atoms with Gasteiger partial charge in [0.1, 0.15) is 0 Å². The third kappa shape index (κ3) is 3.14. The molecule has 0 bridgehead atoms. The highest BCUT2D eigenvalue weighted by Gasteiger charge is 2.36. The Morgan fingerprint density at radius 3 is 1.39 bits per heavy atom. The highest BCUT2D eigenvalue weighted by Crippen LogP contribution is 2.31. The number of rotatable bonds is 6. The van der Waals surface area contributed by atoms with Crippen molar-refractivity contribution < 1.29 is 48.5 Å². The van der Waals surface area contributed by atoms with Crippen molar-refractivity contribution in [2.24, 2.45) is 0 Å². The summed E-state index contributed by atoms with van der Waals surface area (Å²) in [6.07, 6.45) is 0.0498. The van der Waals surface area contributed by atoms with Crippen LogP contribution in [0.5, 0.6) is 0 Å². The van der Waals surface area contributed by atoms with Gasteiger partial charge in [0.15, 0.2) is 0 Å². The van der Waals surface area contributed by atoms with Crippen LogP contribution in [0.1, 0.15) is 79.7 Å². The van der Waals surface area contributed by atoms with Crippen molar-refractivity contribution in [1.82, 2.24) is 0 Å². The molecule has 0 saturated carbocycles. The van der Waals surface area contributed by atoms with Crippen LogP contribution in [-0.2, 0) is 22.3 Å². The lowest BCUT2D eigenvalue weighted by Gasteiger charge is -2.12. The molecule has 0 amide bonds. The van der Waals surface area contributed by atoms with E-state index in [1.54, 1.807) is 0 Å². The number of esters is 4. The molecule has 10 heteroatoms. The van der Waals surface area contributed by atoms with Gasteiger partial charge in [-0.25, -0.2) is 28.8 Å². The molecule has 2 heterocycles. The minimum atomic E-state index is -1.31. The monoisotopic (exact) mass is 424 g/mol. The maximum absolute atomic E-state index is 12.1. The van der Waals surface area contributed by atoms with Gasteiger partial charge in [0.05, 0.1) is 33.4 Å². The molecule has 31 heavy (non-hydrogen) atoms. The fraction of sp³-hybridized carbons (Fsp3) is 0.143. The fourth-order valence-corrected chi connectivity index (χ4v) is 3.84. The van der Waals surface area contributed by atoms with Crippen LogP contribution in [0.3, 0.4) is 0 Å². The molecule has 2 aromatic rings. The van der Waals surface area contributed by atoms with E-state index in [1.165, 1.54) is 24.3 Å². The molecular weight excluding hydrogens is 412 g/mol. The van der Waals surface area contributed by atoms with E-state index < -0.39 is 35.8 Å². The first-order valence-corrected chi connectivity index (χ1v) is 9.02. The molecule has 0 unspecified atom stereocenters. The Labute approximate surface area is 173 Å². The lowest BCUT2D eigenvalue weighted by Crippen LogP contribution is -2.12. The number of cyclic esters (lactones) is 4. The van der Waals surface area contributed by atoms with E-state index in [0.717, 1.165) is 0 Å². The molecule has 2 N–H and O–H groups in total. The lowest BCUT2D eigenvalue weighted by atomic mass is 9.89. The molecule has 10 nitrogen and oxygen atoms in total. The molecule has 156 valence electrons. The van der Waals surface area contributed by atoms with Crippen molar-refractivity contribution in [2.75, 3.05) is 0 Å². The third-order valence-electron chi connectivity index (χ3n) is 5.16. The zero-order valence-electron chi connectivity index (χ0n) is 15.6. The van der Waals surface area contributed by atoms with Gasteiger partial charge in [0, 0.05) is 0 Å². The second kappa shape index (κ2) is 7.17. The number of carboxylic acid groups (broad SMARTS) is 2. The van der Waals surface area contributed by atoms with Crippen LogP contribution in [-0.4, -0.2) is 46.0 Å². The van der Waals surface area contributed by atoms with Crippen LogP contribution < -0.4 is 0 Å². The van der Waals surface area contributed by atoms with Crippen molar-refractivity contribution in [2.45, 2.75) is 19.3 Å². The quantitative estimate of drug-likeness (QED) is 0.517. The number of benzene rings is 2. The van der Waals surface area contributed by atoms with Gasteiger partial charge < -0.3 is 19.7 Å². The van der Waals surface area contributed by atoms with Crippen molar-refractivity contribution in [3.8, 4) is 0 Å². The summed E-state index contributed by atoms with van der Waals surface area (Å²) >= 11 is 0. The summed E-state index contributed by atoms with van der Waals surface area (Å²) in [6, 6.07) is 4.78. The molecule has 4 rings (SSSR count). The number of aromatic carboxylic acids is 2. The average Bonchev–Trinajstić information content (AvgIpc) is 3.16. The largest absolute Gasteiger partial charge is 0.478 e. The van der Waals surface area contributed by atoms with Gasteiger partial charge in [-0.2, -0.15) is 0 Å². The molecule has 0 atom stereocenters. The first kappa shape index (κ1) is 20.0. The van der Waals surface area contributed by atoms with E-state index in [2.05, 4.69) is 9.47 Å². The Balaban J connectivity index is 1.71. The number of carbonyl (C=O) groups excluding carboxylic acids is 4. The summed E-state index contributed by atoms with van der Waals surface area (Å²) < 4.78 is 9.12. The smallest absolute Gasteiger partial charge is 0.347 e. The number of hydrogen-bond acceptors (Lipinski definition) is 8. The van der Waals surface area contributed by atoms with Gasteiger partial charge in [0.2, 0.25) is 0 Å². The Morgan fingerprint density at radius 2 is 1.03 bits per heavy atom. The Kier molecular flexibility index (Phi) is 4.61. The summed E-state index contributed by atoms with van der Waals surface area (Å²) in [7, 11) is 0. The Morgan fingerprint density at radius 1 is 0.645 bits per heavy atom. The van der Waals surface area contributed by atoms with Crippen molar-refractivity contribution in [3.63, 3.8) is 0 Å². The highest BCUT2D eigenvalue weighted by molar-refractivity contribution is 6.17. The molecule has 0 aliphatic carbocycles. The molecule has 0 spiro atoms. The first-order chi connectivity index (χ1) is 14.7. The van der Waals surface area contributed by atoms with Gasteiger partial charge in [-0.3, -0.25) is 0 Å². The molecule has 0 radical (unpaired) electrons. The van der Waals surface area contributed by atoms with Crippen molar-refractivity contribution >= 4 is 35.8 Å². The zero-order chi connectivity index (χ0) is 22.4. The normalized spacial score (nSPS) is 14.2. The number of fused-ring (bicyclic) bond motifs is 2. The second-order valence-corrected chi connectivity index (χ2v) is 6.85. The molecule has 0 fully saturated rings. The maximum Gasteiger partial charge on any atom is 0.347 e. The van der Waals surface area contributed by atoms with Crippen LogP contribution in [0.25, 0.3) is 0 Å². The molecule has 2 aromatic carbocycles. The minimum Gasteiger partial charge on any atom is -0.478 e. The van der Waals surface area contributed by atoms with Gasteiger partial charge in [-0.05, 0) is 54.7 Å². The average molecular weight is 424 g/mol. The van der Waals surface area contributed by atoms with Crippen molar-refractivity contribution in [1.29, 1.82) is 0 Å². The van der Waals surface area contributed by atoms with Crippen LogP contribution >= 0.6 is 0 Å². The van der Waals surface area contributed by atoms with E-state index in [0.29, 0.717) is 0 Å². The summed E-state index contributed by atoms with van der Waals surface area (Å²) in [6.45, 7) is 0. The van der Waals surface area contributed by atoms with Crippen LogP contribution in [0.4, 0.5) is 0 Å². The summed E-state index contributed by atoms with van der Waals surface area (Å²) in [5, 5.41) is 18.9. The lowest BCUT2D eigenvalue weighted by molar-refractivity contribution is 0.0425. The van der Waals surface area contributed by atoms with Gasteiger partial charge in [-0.15, -0.1) is 0 Å². The van der Waals surface area contributed by atoms with E-state index in [9.17, 15) is 39.0 Å². The van der Waals surface area contributed by atoms with E-state index in [4.69, 9.17) is 0 Å². The number of ether oxygens (including phenoxy) is 2. The highest BCUT2D eigenvalue weighted by atomic mass is 16.6. The van der Waals surface area contributed by atoms with Crippen LogP contribution in [0.2, 0.25) is 0 Å². The summed E-state index contributed by atoms with van der Waals surface area (Å²) in [5.74, 6) is -6.31. The zero-order valence-corrected chi connectivity index (χ0v) is 15.6. The predicted molar refractivity (Wildman–Crippen MR) is 98.3 cm³/mol. The number of carbonyl (C=O) groups is 6. The molecule has 2 aliphatic heterocycles. The number of hydrogen-bond donors (Lipinski definition) is 2. The molecule has 0 saturated heterocycles. The van der Waals surface area contributed by atoms with E-state index >= 15 is 0 Å². The second-order valence-electron chi connectivity index (χ2n) is 6.85. The van der Waals surface area contributed by atoms with E-state index in [-0.39, 0.29) is 63.8 Å². The Hall–Kier alpha value is -4.34.